The molecule has 0 unspecified atom stereocenters. The molecule has 1 aliphatic heterocycles. The molecular formula is C28H33FN4O. The van der Waals surface area contributed by atoms with Crippen LogP contribution >= 0.6 is 0 Å². The van der Waals surface area contributed by atoms with E-state index in [1.165, 1.54) is 25.0 Å². The Morgan fingerprint density at radius 3 is 2.47 bits per heavy atom. The Balaban J connectivity index is 1.66. The third-order valence-corrected chi connectivity index (χ3v) is 6.26. The van der Waals surface area contributed by atoms with Crippen LogP contribution in [0.1, 0.15) is 50.2 Å². The number of aromatic nitrogens is 1. The van der Waals surface area contributed by atoms with Gasteiger partial charge in [-0.15, -0.1) is 0 Å². The SMILES string of the molecule is CC(=O)N1CCCCCCCN(Cc2ccc(F)cc2)Cc2cc(Nc3ccccn3)ccc21. The van der Waals surface area contributed by atoms with E-state index in [1.54, 1.807) is 13.1 Å². The number of carbonyl (C=O) groups excluding carboxylic acids is 1. The summed E-state index contributed by atoms with van der Waals surface area (Å²) in [6, 6.07) is 18.7. The van der Waals surface area contributed by atoms with Crippen LogP contribution in [0.15, 0.2) is 66.9 Å². The topological polar surface area (TPSA) is 48.5 Å². The summed E-state index contributed by atoms with van der Waals surface area (Å²) in [5.74, 6) is 0.626. The zero-order chi connectivity index (χ0) is 23.8. The van der Waals surface area contributed by atoms with Gasteiger partial charge in [-0.1, -0.05) is 37.5 Å². The molecule has 34 heavy (non-hydrogen) atoms. The Kier molecular flexibility index (Phi) is 8.26. The lowest BCUT2D eigenvalue weighted by Crippen LogP contribution is -2.32. The predicted molar refractivity (Wildman–Crippen MR) is 136 cm³/mol. The van der Waals surface area contributed by atoms with Gasteiger partial charge in [-0.2, -0.15) is 0 Å². The van der Waals surface area contributed by atoms with E-state index in [0.717, 1.165) is 67.2 Å². The van der Waals surface area contributed by atoms with Crippen molar-refractivity contribution in [2.45, 2.75) is 52.1 Å². The number of halogens is 1. The average molecular weight is 461 g/mol. The number of rotatable bonds is 4. The van der Waals surface area contributed by atoms with Crippen molar-refractivity contribution in [3.8, 4) is 0 Å². The summed E-state index contributed by atoms with van der Waals surface area (Å²) < 4.78 is 13.4. The van der Waals surface area contributed by atoms with Crippen molar-refractivity contribution in [1.82, 2.24) is 9.88 Å². The van der Waals surface area contributed by atoms with Gasteiger partial charge in [0.2, 0.25) is 5.91 Å². The van der Waals surface area contributed by atoms with Gasteiger partial charge in [-0.05, 0) is 73.0 Å². The second kappa shape index (κ2) is 11.7. The van der Waals surface area contributed by atoms with E-state index in [9.17, 15) is 9.18 Å². The molecule has 0 spiro atoms. The molecule has 1 aliphatic rings. The quantitative estimate of drug-likeness (QED) is 0.498. The summed E-state index contributed by atoms with van der Waals surface area (Å²) in [4.78, 5) is 21.3. The monoisotopic (exact) mass is 460 g/mol. The summed E-state index contributed by atoms with van der Waals surface area (Å²) in [6.45, 7) is 4.76. The van der Waals surface area contributed by atoms with E-state index >= 15 is 0 Å². The van der Waals surface area contributed by atoms with E-state index in [0.29, 0.717) is 6.54 Å². The van der Waals surface area contributed by atoms with Gasteiger partial charge in [0.15, 0.2) is 0 Å². The number of nitrogens with one attached hydrogen (secondary N) is 1. The van der Waals surface area contributed by atoms with Crippen molar-refractivity contribution in [3.63, 3.8) is 0 Å². The van der Waals surface area contributed by atoms with Crippen LogP contribution in [0.2, 0.25) is 0 Å². The molecule has 1 N–H and O–H groups in total. The summed E-state index contributed by atoms with van der Waals surface area (Å²) in [5, 5.41) is 3.38. The Hall–Kier alpha value is -3.25. The van der Waals surface area contributed by atoms with Crippen LogP contribution in [-0.4, -0.2) is 28.9 Å². The maximum absolute atomic E-state index is 13.4. The van der Waals surface area contributed by atoms with Gasteiger partial charge in [-0.25, -0.2) is 9.37 Å². The van der Waals surface area contributed by atoms with E-state index in [2.05, 4.69) is 21.3 Å². The molecule has 1 aromatic heterocycles. The van der Waals surface area contributed by atoms with Gasteiger partial charge in [0.25, 0.3) is 0 Å². The van der Waals surface area contributed by atoms with E-state index in [4.69, 9.17) is 0 Å². The van der Waals surface area contributed by atoms with Gasteiger partial charge in [0.1, 0.15) is 11.6 Å². The smallest absolute Gasteiger partial charge is 0.223 e. The van der Waals surface area contributed by atoms with E-state index in [-0.39, 0.29) is 11.7 Å². The highest BCUT2D eigenvalue weighted by atomic mass is 19.1. The molecular weight excluding hydrogens is 427 g/mol. The van der Waals surface area contributed by atoms with Crippen molar-refractivity contribution >= 4 is 23.1 Å². The molecule has 0 saturated carbocycles. The first-order chi connectivity index (χ1) is 16.6. The lowest BCUT2D eigenvalue weighted by atomic mass is 10.1. The molecule has 0 radical (unpaired) electrons. The second-order valence-electron chi connectivity index (χ2n) is 8.96. The summed E-state index contributed by atoms with van der Waals surface area (Å²) in [7, 11) is 0. The van der Waals surface area contributed by atoms with E-state index in [1.807, 2.05) is 47.4 Å². The Bertz CT molecular complexity index is 1070. The molecule has 2 aromatic carbocycles. The van der Waals surface area contributed by atoms with Crippen molar-refractivity contribution in [2.24, 2.45) is 0 Å². The van der Waals surface area contributed by atoms with Crippen LogP contribution in [0.25, 0.3) is 0 Å². The van der Waals surface area contributed by atoms with E-state index < -0.39 is 0 Å². The highest BCUT2D eigenvalue weighted by Crippen LogP contribution is 2.29. The maximum atomic E-state index is 13.4. The molecule has 4 rings (SSSR count). The molecule has 1 amide bonds. The van der Waals surface area contributed by atoms with Gasteiger partial charge < -0.3 is 10.2 Å². The molecule has 0 fully saturated rings. The lowest BCUT2D eigenvalue weighted by molar-refractivity contribution is -0.116. The van der Waals surface area contributed by atoms with Crippen LogP contribution in [0.3, 0.4) is 0 Å². The van der Waals surface area contributed by atoms with Gasteiger partial charge in [0, 0.05) is 44.1 Å². The predicted octanol–water partition coefficient (Wildman–Crippen LogP) is 6.28. The van der Waals surface area contributed by atoms with Crippen molar-refractivity contribution in [1.29, 1.82) is 0 Å². The van der Waals surface area contributed by atoms with Gasteiger partial charge >= 0.3 is 0 Å². The molecule has 6 heteroatoms. The number of carbonyl (C=O) groups is 1. The third kappa shape index (κ3) is 6.64. The fraction of sp³-hybridized carbons (Fsp3) is 0.357. The fourth-order valence-electron chi connectivity index (χ4n) is 4.52. The lowest BCUT2D eigenvalue weighted by Gasteiger charge is -2.29. The largest absolute Gasteiger partial charge is 0.340 e. The molecule has 2 heterocycles. The van der Waals surface area contributed by atoms with Crippen LogP contribution in [0.5, 0.6) is 0 Å². The summed E-state index contributed by atoms with van der Waals surface area (Å²) in [5.41, 5.74) is 4.08. The van der Waals surface area contributed by atoms with Gasteiger partial charge in [0.05, 0.1) is 0 Å². The molecule has 0 atom stereocenters. The third-order valence-electron chi connectivity index (χ3n) is 6.26. The number of anilines is 3. The molecule has 178 valence electrons. The number of hydrogen-bond donors (Lipinski definition) is 1. The first-order valence-corrected chi connectivity index (χ1v) is 12.1. The summed E-state index contributed by atoms with van der Waals surface area (Å²) in [6.07, 6.45) is 7.36. The van der Waals surface area contributed by atoms with Crippen molar-refractivity contribution in [2.75, 3.05) is 23.3 Å². The van der Waals surface area contributed by atoms with Crippen LogP contribution in [-0.2, 0) is 17.9 Å². The van der Waals surface area contributed by atoms with Crippen LogP contribution < -0.4 is 10.2 Å². The van der Waals surface area contributed by atoms with Gasteiger partial charge in [-0.3, -0.25) is 9.69 Å². The standard InChI is InChI=1S/C28H33FN4O/c1-22(34)33-18-8-4-2-3-7-17-32(20-23-10-12-25(29)13-11-23)21-24-19-26(14-15-27(24)33)31-28-9-5-6-16-30-28/h5-6,9-16,19H,2-4,7-8,17-18,20-21H2,1H3,(H,30,31). The zero-order valence-corrected chi connectivity index (χ0v) is 19.8. The molecule has 3 aromatic rings. The first-order valence-electron chi connectivity index (χ1n) is 12.1. The Morgan fingerprint density at radius 2 is 1.74 bits per heavy atom. The Labute approximate surface area is 201 Å². The van der Waals surface area contributed by atoms with Crippen LogP contribution in [0.4, 0.5) is 21.6 Å². The minimum absolute atomic E-state index is 0.0637. The number of fused-ring (bicyclic) bond motifs is 1. The Morgan fingerprint density at radius 1 is 0.971 bits per heavy atom. The fourth-order valence-corrected chi connectivity index (χ4v) is 4.52. The minimum Gasteiger partial charge on any atom is -0.340 e. The molecule has 5 nitrogen and oxygen atoms in total. The molecule has 0 saturated heterocycles. The highest BCUT2D eigenvalue weighted by Gasteiger charge is 2.19. The van der Waals surface area contributed by atoms with Crippen LogP contribution in [0, 0.1) is 5.82 Å². The minimum atomic E-state index is -0.217. The normalized spacial score (nSPS) is 15.6. The molecule has 0 aliphatic carbocycles. The first kappa shape index (κ1) is 23.9. The average Bonchev–Trinajstić information content (AvgIpc) is 2.82. The number of hydrogen-bond acceptors (Lipinski definition) is 4. The number of pyridine rings is 1. The van der Waals surface area contributed by atoms with Crippen molar-refractivity contribution < 1.29 is 9.18 Å². The number of benzene rings is 2. The second-order valence-corrected chi connectivity index (χ2v) is 8.96. The summed E-state index contributed by atoms with van der Waals surface area (Å²) >= 11 is 0. The highest BCUT2D eigenvalue weighted by molar-refractivity contribution is 5.92. The zero-order valence-electron chi connectivity index (χ0n) is 19.8. The molecule has 0 bridgehead atoms. The van der Waals surface area contributed by atoms with Crippen molar-refractivity contribution in [3.05, 3.63) is 83.8 Å². The number of nitrogens with zero attached hydrogens (tertiary/aromatic N) is 3. The maximum Gasteiger partial charge on any atom is 0.223 e. The number of amides is 1.